The Hall–Kier alpha value is -3.16. The monoisotopic (exact) mass is 423 g/mol. The fraction of sp³-hybridized carbons (Fsp3) is 0.478. The van der Waals surface area contributed by atoms with Crippen molar-refractivity contribution in [3.05, 3.63) is 51.0 Å². The second-order valence-electron chi connectivity index (χ2n) is 8.38. The van der Waals surface area contributed by atoms with E-state index in [-0.39, 0.29) is 24.1 Å². The Labute approximate surface area is 179 Å². The minimum atomic E-state index is -0.254. The molecule has 3 aromatic rings. The van der Waals surface area contributed by atoms with Crippen LogP contribution in [-0.4, -0.2) is 40.6 Å². The Morgan fingerprint density at radius 3 is 2.71 bits per heavy atom. The largest absolute Gasteiger partial charge is 0.483 e. The molecule has 2 aromatic heterocycles. The quantitative estimate of drug-likeness (QED) is 0.595. The van der Waals surface area contributed by atoms with Crippen LogP contribution in [0.4, 0.5) is 0 Å². The molecule has 0 radical (unpaired) electrons. The van der Waals surface area contributed by atoms with E-state index in [4.69, 9.17) is 13.7 Å². The van der Waals surface area contributed by atoms with Crippen molar-refractivity contribution in [1.82, 2.24) is 15.0 Å². The maximum atomic E-state index is 12.7. The molecule has 0 N–H and O–H groups in total. The van der Waals surface area contributed by atoms with Crippen LogP contribution in [0.5, 0.6) is 5.75 Å². The molecule has 1 aromatic carbocycles. The van der Waals surface area contributed by atoms with Gasteiger partial charge >= 0.3 is 5.63 Å². The minimum Gasteiger partial charge on any atom is -0.483 e. The SMILES string of the molecule is Cc1nc(C2CCN(C(=O)COc3ccc4c5c(c(=O)oc4c3C)CCC5)CC2)no1. The average Bonchev–Trinajstić information content (AvgIpc) is 3.44. The predicted octanol–water partition coefficient (Wildman–Crippen LogP) is 3.07. The summed E-state index contributed by atoms with van der Waals surface area (Å²) in [6.07, 6.45) is 4.26. The Morgan fingerprint density at radius 2 is 1.97 bits per heavy atom. The number of aryl methyl sites for hydroxylation is 3. The highest BCUT2D eigenvalue weighted by Gasteiger charge is 2.27. The number of carbonyl (C=O) groups excluding carboxylic acids is 1. The first-order chi connectivity index (χ1) is 15.0. The molecule has 8 nitrogen and oxygen atoms in total. The van der Waals surface area contributed by atoms with Crippen LogP contribution in [0.1, 0.15) is 53.6 Å². The van der Waals surface area contributed by atoms with Crippen LogP contribution in [0, 0.1) is 13.8 Å². The number of carbonyl (C=O) groups is 1. The van der Waals surface area contributed by atoms with E-state index in [0.29, 0.717) is 30.3 Å². The summed E-state index contributed by atoms with van der Waals surface area (Å²) in [4.78, 5) is 31.1. The molecule has 2 aliphatic rings. The van der Waals surface area contributed by atoms with Crippen molar-refractivity contribution in [3.63, 3.8) is 0 Å². The molecular formula is C23H25N3O5. The summed E-state index contributed by atoms with van der Waals surface area (Å²) < 4.78 is 16.5. The van der Waals surface area contributed by atoms with Crippen LogP contribution >= 0.6 is 0 Å². The molecule has 8 heteroatoms. The Kier molecular flexibility index (Phi) is 5.00. The first kappa shape index (κ1) is 19.8. The number of hydrogen-bond donors (Lipinski definition) is 0. The highest BCUT2D eigenvalue weighted by molar-refractivity contribution is 5.86. The number of fused-ring (bicyclic) bond motifs is 3. The fourth-order valence-electron chi connectivity index (χ4n) is 4.72. The lowest BCUT2D eigenvalue weighted by molar-refractivity contribution is -0.134. The lowest BCUT2D eigenvalue weighted by Crippen LogP contribution is -2.40. The summed E-state index contributed by atoms with van der Waals surface area (Å²) in [6.45, 7) is 4.87. The minimum absolute atomic E-state index is 0.0481. The van der Waals surface area contributed by atoms with Crippen molar-refractivity contribution in [1.29, 1.82) is 0 Å². The van der Waals surface area contributed by atoms with Gasteiger partial charge in [0.25, 0.3) is 5.91 Å². The lowest BCUT2D eigenvalue weighted by Gasteiger charge is -2.30. The van der Waals surface area contributed by atoms with Gasteiger partial charge < -0.3 is 18.6 Å². The predicted molar refractivity (Wildman–Crippen MR) is 112 cm³/mol. The zero-order valence-corrected chi connectivity index (χ0v) is 17.8. The van der Waals surface area contributed by atoms with Crippen LogP contribution in [-0.2, 0) is 17.6 Å². The molecule has 0 unspecified atom stereocenters. The van der Waals surface area contributed by atoms with Gasteiger partial charge in [0.1, 0.15) is 11.3 Å². The van der Waals surface area contributed by atoms with Crippen molar-refractivity contribution >= 4 is 16.9 Å². The van der Waals surface area contributed by atoms with Crippen LogP contribution < -0.4 is 10.4 Å². The third kappa shape index (κ3) is 3.60. The van der Waals surface area contributed by atoms with Crippen molar-refractivity contribution in [2.24, 2.45) is 0 Å². The van der Waals surface area contributed by atoms with Gasteiger partial charge in [-0.05, 0) is 56.7 Å². The molecular weight excluding hydrogens is 398 g/mol. The molecule has 1 amide bonds. The zero-order valence-electron chi connectivity index (χ0n) is 17.8. The Bertz CT molecular complexity index is 1200. The third-order valence-corrected chi connectivity index (χ3v) is 6.45. The van der Waals surface area contributed by atoms with E-state index in [1.807, 2.05) is 24.0 Å². The summed E-state index contributed by atoms with van der Waals surface area (Å²) in [5.41, 5.74) is 2.96. The number of nitrogens with zero attached hydrogens (tertiary/aromatic N) is 3. The molecule has 31 heavy (non-hydrogen) atoms. The standard InChI is InChI=1S/C23H25N3O5/c1-13-19(7-6-17-16-4-3-5-18(16)23(28)30-21(13)17)29-12-20(27)26-10-8-15(9-11-26)22-24-14(2)31-25-22/h6-7,15H,3-5,8-12H2,1-2H3. The smallest absolute Gasteiger partial charge is 0.339 e. The zero-order chi connectivity index (χ0) is 21.5. The van der Waals surface area contributed by atoms with Gasteiger partial charge in [-0.25, -0.2) is 4.79 Å². The Morgan fingerprint density at radius 1 is 1.19 bits per heavy atom. The molecule has 1 saturated heterocycles. The van der Waals surface area contributed by atoms with Gasteiger partial charge in [0.2, 0.25) is 5.89 Å². The highest BCUT2D eigenvalue weighted by atomic mass is 16.5. The van der Waals surface area contributed by atoms with Crippen LogP contribution in [0.25, 0.3) is 11.0 Å². The number of hydrogen-bond acceptors (Lipinski definition) is 7. The van der Waals surface area contributed by atoms with Crippen molar-refractivity contribution in [2.45, 2.75) is 51.9 Å². The van der Waals surface area contributed by atoms with Crippen molar-refractivity contribution in [3.8, 4) is 5.75 Å². The normalized spacial score (nSPS) is 16.6. The van der Waals surface area contributed by atoms with Gasteiger partial charge in [0.05, 0.1) is 0 Å². The number of likely N-dealkylation sites (tertiary alicyclic amines) is 1. The first-order valence-corrected chi connectivity index (χ1v) is 10.8. The summed E-state index contributed by atoms with van der Waals surface area (Å²) in [5, 5.41) is 4.98. The third-order valence-electron chi connectivity index (χ3n) is 6.45. The van der Waals surface area contributed by atoms with Gasteiger partial charge in [-0.15, -0.1) is 0 Å². The van der Waals surface area contributed by atoms with Gasteiger partial charge in [-0.1, -0.05) is 5.16 Å². The topological polar surface area (TPSA) is 98.7 Å². The maximum Gasteiger partial charge on any atom is 0.339 e. The second kappa shape index (κ2) is 7.83. The number of rotatable bonds is 4. The molecule has 1 aliphatic carbocycles. The number of benzene rings is 1. The summed E-state index contributed by atoms with van der Waals surface area (Å²) in [5.74, 6) is 2.01. The molecule has 1 fully saturated rings. The fourth-order valence-corrected chi connectivity index (χ4v) is 4.72. The molecule has 162 valence electrons. The van der Waals surface area contributed by atoms with Crippen LogP contribution in [0.3, 0.4) is 0 Å². The van der Waals surface area contributed by atoms with Gasteiger partial charge in [0, 0.05) is 42.4 Å². The first-order valence-electron chi connectivity index (χ1n) is 10.8. The number of aromatic nitrogens is 2. The highest BCUT2D eigenvalue weighted by Crippen LogP contribution is 2.33. The molecule has 0 atom stereocenters. The van der Waals surface area contributed by atoms with Gasteiger partial charge in [-0.2, -0.15) is 4.98 Å². The second-order valence-corrected chi connectivity index (χ2v) is 8.38. The van der Waals surface area contributed by atoms with Gasteiger partial charge in [0.15, 0.2) is 12.4 Å². The van der Waals surface area contributed by atoms with E-state index in [1.54, 1.807) is 6.92 Å². The molecule has 0 bridgehead atoms. The molecule has 0 saturated carbocycles. The molecule has 3 heterocycles. The maximum absolute atomic E-state index is 12.7. The number of amides is 1. The van der Waals surface area contributed by atoms with Gasteiger partial charge in [-0.3, -0.25) is 4.79 Å². The molecule has 0 spiro atoms. The lowest BCUT2D eigenvalue weighted by atomic mass is 9.96. The van der Waals surface area contributed by atoms with E-state index < -0.39 is 0 Å². The average molecular weight is 423 g/mol. The van der Waals surface area contributed by atoms with E-state index in [1.165, 1.54) is 0 Å². The molecule has 1 aliphatic heterocycles. The number of ether oxygens (including phenoxy) is 1. The summed E-state index contributed by atoms with van der Waals surface area (Å²) in [6, 6.07) is 3.81. The number of piperidine rings is 1. The van der Waals surface area contributed by atoms with E-state index in [0.717, 1.165) is 60.0 Å². The van der Waals surface area contributed by atoms with E-state index in [9.17, 15) is 9.59 Å². The van der Waals surface area contributed by atoms with Crippen molar-refractivity contribution in [2.75, 3.05) is 19.7 Å². The van der Waals surface area contributed by atoms with Crippen LogP contribution in [0.2, 0.25) is 0 Å². The molecule has 5 rings (SSSR count). The van der Waals surface area contributed by atoms with Crippen molar-refractivity contribution < 1.29 is 18.5 Å². The Balaban J connectivity index is 1.25. The summed E-state index contributed by atoms with van der Waals surface area (Å²) in [7, 11) is 0. The van der Waals surface area contributed by atoms with E-state index in [2.05, 4.69) is 10.1 Å². The van der Waals surface area contributed by atoms with E-state index >= 15 is 0 Å². The van der Waals surface area contributed by atoms with Crippen LogP contribution in [0.15, 0.2) is 25.9 Å². The summed E-state index contributed by atoms with van der Waals surface area (Å²) >= 11 is 0.